The molecule has 0 aliphatic carbocycles. The van der Waals surface area contributed by atoms with Gasteiger partial charge in [-0.1, -0.05) is 54.9 Å². The van der Waals surface area contributed by atoms with Crippen molar-refractivity contribution in [2.75, 3.05) is 0 Å². The van der Waals surface area contributed by atoms with E-state index in [9.17, 15) is 4.79 Å². The quantitative estimate of drug-likeness (QED) is 0.455. The highest BCUT2D eigenvalue weighted by Gasteiger charge is 2.35. The lowest BCUT2D eigenvalue weighted by Gasteiger charge is -2.20. The molecule has 33 heavy (non-hydrogen) atoms. The van der Waals surface area contributed by atoms with Crippen LogP contribution in [0.5, 0.6) is 0 Å². The summed E-state index contributed by atoms with van der Waals surface area (Å²) in [5, 5.41) is 17.7. The van der Waals surface area contributed by atoms with E-state index in [0.29, 0.717) is 16.7 Å². The molecule has 1 amide bonds. The maximum absolute atomic E-state index is 12.9. The van der Waals surface area contributed by atoms with Crippen molar-refractivity contribution in [2.24, 2.45) is 10.1 Å². The molecule has 5 rings (SSSR count). The van der Waals surface area contributed by atoms with Gasteiger partial charge in [0.25, 0.3) is 5.91 Å². The van der Waals surface area contributed by atoms with E-state index in [1.807, 2.05) is 49.4 Å². The Labute approximate surface area is 201 Å². The van der Waals surface area contributed by atoms with Gasteiger partial charge in [0, 0.05) is 33.7 Å². The summed E-state index contributed by atoms with van der Waals surface area (Å²) in [6, 6.07) is 15.9. The van der Waals surface area contributed by atoms with Gasteiger partial charge in [0.05, 0.1) is 5.57 Å². The Morgan fingerprint density at radius 2 is 1.91 bits per heavy atom. The lowest BCUT2D eigenvalue weighted by atomic mass is 10.1. The molecule has 166 valence electrons. The van der Waals surface area contributed by atoms with Crippen LogP contribution < -0.4 is 0 Å². The predicted molar refractivity (Wildman–Crippen MR) is 137 cm³/mol. The van der Waals surface area contributed by atoms with Crippen molar-refractivity contribution in [3.63, 3.8) is 0 Å². The smallest absolute Gasteiger partial charge is 0.283 e. The van der Waals surface area contributed by atoms with E-state index >= 15 is 0 Å². The van der Waals surface area contributed by atoms with Crippen LogP contribution in [-0.4, -0.2) is 31.5 Å². The summed E-state index contributed by atoms with van der Waals surface area (Å²) >= 11 is 7.80. The van der Waals surface area contributed by atoms with Gasteiger partial charge in [-0.05, 0) is 55.3 Å². The maximum Gasteiger partial charge on any atom is 0.283 e. The highest BCUT2D eigenvalue weighted by molar-refractivity contribution is 8.26. The van der Waals surface area contributed by atoms with E-state index in [4.69, 9.17) is 17.0 Å². The summed E-state index contributed by atoms with van der Waals surface area (Å²) in [5.41, 5.74) is 4.19. The number of hydrazone groups is 1. The standard InChI is InChI=1S/C25H22ClN5OS/c1-3-8-22-29-31-23(27)19(24(32)28-25(31)33-22)13-18-15(2)30(21-12-7-5-10-17(18)21)14-16-9-4-6-11-20(16)26/h4-7,9-13,27H,3,8,14H2,1-2H3/b19-13+,27-23?. The van der Waals surface area contributed by atoms with Crippen LogP contribution in [0.1, 0.15) is 36.6 Å². The van der Waals surface area contributed by atoms with Crippen LogP contribution in [0, 0.1) is 12.3 Å². The summed E-state index contributed by atoms with van der Waals surface area (Å²) in [4.78, 5) is 17.1. The number of hydrogen-bond acceptors (Lipinski definition) is 4. The van der Waals surface area contributed by atoms with Gasteiger partial charge in [-0.15, -0.1) is 0 Å². The van der Waals surface area contributed by atoms with Crippen LogP contribution in [0.25, 0.3) is 17.0 Å². The second-order valence-electron chi connectivity index (χ2n) is 7.96. The zero-order valence-electron chi connectivity index (χ0n) is 18.3. The van der Waals surface area contributed by atoms with Crippen LogP contribution in [-0.2, 0) is 11.3 Å². The normalized spacial score (nSPS) is 17.1. The largest absolute Gasteiger partial charge is 0.340 e. The topological polar surface area (TPSA) is 73.8 Å². The van der Waals surface area contributed by atoms with Crippen LogP contribution >= 0.6 is 23.4 Å². The minimum absolute atomic E-state index is 0.0611. The fraction of sp³-hybridized carbons (Fsp3) is 0.200. The zero-order valence-corrected chi connectivity index (χ0v) is 19.9. The highest BCUT2D eigenvalue weighted by Crippen LogP contribution is 2.33. The van der Waals surface area contributed by atoms with Crippen molar-refractivity contribution in [3.8, 4) is 0 Å². The van der Waals surface area contributed by atoms with E-state index in [1.165, 1.54) is 16.8 Å². The highest BCUT2D eigenvalue weighted by atomic mass is 35.5. The molecule has 6 nitrogen and oxygen atoms in total. The van der Waals surface area contributed by atoms with Gasteiger partial charge >= 0.3 is 0 Å². The number of nitrogens with zero attached hydrogens (tertiary/aromatic N) is 4. The second kappa shape index (κ2) is 8.65. The van der Waals surface area contributed by atoms with Gasteiger partial charge in [-0.3, -0.25) is 10.2 Å². The third-order valence-electron chi connectivity index (χ3n) is 5.81. The molecule has 0 atom stereocenters. The molecule has 0 radical (unpaired) electrons. The van der Waals surface area contributed by atoms with Crippen LogP contribution in [0.2, 0.25) is 5.02 Å². The number of aromatic nitrogens is 1. The Balaban J connectivity index is 1.60. The Morgan fingerprint density at radius 3 is 2.70 bits per heavy atom. The molecule has 3 aromatic rings. The summed E-state index contributed by atoms with van der Waals surface area (Å²) in [6.45, 7) is 4.71. The first-order valence-electron chi connectivity index (χ1n) is 10.8. The zero-order chi connectivity index (χ0) is 23.1. The van der Waals surface area contributed by atoms with Crippen LogP contribution in [0.4, 0.5) is 0 Å². The van der Waals surface area contributed by atoms with Crippen molar-refractivity contribution < 1.29 is 4.79 Å². The molecule has 1 N–H and O–H groups in total. The number of carbonyl (C=O) groups is 1. The number of fused-ring (bicyclic) bond motifs is 2. The molecule has 0 unspecified atom stereocenters. The lowest BCUT2D eigenvalue weighted by Crippen LogP contribution is -2.35. The first-order chi connectivity index (χ1) is 16.0. The van der Waals surface area contributed by atoms with E-state index in [-0.39, 0.29) is 11.4 Å². The van der Waals surface area contributed by atoms with Crippen LogP contribution in [0.15, 0.2) is 64.2 Å². The van der Waals surface area contributed by atoms with Crippen molar-refractivity contribution >= 4 is 62.3 Å². The van der Waals surface area contributed by atoms with Crippen LogP contribution in [0.3, 0.4) is 0 Å². The number of halogens is 1. The summed E-state index contributed by atoms with van der Waals surface area (Å²) < 4.78 is 2.19. The molecule has 2 aliphatic rings. The number of amidine groups is 2. The fourth-order valence-electron chi connectivity index (χ4n) is 4.13. The minimum atomic E-state index is -0.408. The molecule has 3 heterocycles. The number of aliphatic imine (C=N–C) groups is 1. The number of amides is 1. The molecular weight excluding hydrogens is 454 g/mol. The third-order valence-corrected chi connectivity index (χ3v) is 7.15. The summed E-state index contributed by atoms with van der Waals surface area (Å²) in [7, 11) is 0. The van der Waals surface area contributed by atoms with E-state index in [2.05, 4.69) is 27.7 Å². The second-order valence-corrected chi connectivity index (χ2v) is 9.41. The molecule has 1 aromatic heterocycles. The van der Waals surface area contributed by atoms with Crippen molar-refractivity contribution in [2.45, 2.75) is 33.2 Å². The first-order valence-corrected chi connectivity index (χ1v) is 12.0. The minimum Gasteiger partial charge on any atom is -0.340 e. The Bertz CT molecular complexity index is 1400. The average molecular weight is 476 g/mol. The first kappa shape index (κ1) is 21.7. The molecule has 0 spiro atoms. The van der Waals surface area contributed by atoms with E-state index in [1.54, 1.807) is 6.08 Å². The summed E-state index contributed by atoms with van der Waals surface area (Å²) in [5.74, 6) is -0.347. The number of carbonyl (C=O) groups excluding carboxylic acids is 1. The SMILES string of the molecule is CCCC1=NN2C(=N)/C(=C\c3c(C)n(Cc4ccccc4Cl)c4ccccc34)C(=O)N=C2S1. The molecule has 0 saturated carbocycles. The lowest BCUT2D eigenvalue weighted by molar-refractivity contribution is -0.114. The van der Waals surface area contributed by atoms with Gasteiger partial charge in [0.2, 0.25) is 5.17 Å². The summed E-state index contributed by atoms with van der Waals surface area (Å²) in [6.07, 6.45) is 3.53. The van der Waals surface area contributed by atoms with Gasteiger partial charge in [0.1, 0.15) is 5.04 Å². The van der Waals surface area contributed by atoms with Gasteiger partial charge in [-0.25, -0.2) is 0 Å². The van der Waals surface area contributed by atoms with Crippen molar-refractivity contribution in [1.29, 1.82) is 5.41 Å². The van der Waals surface area contributed by atoms with E-state index in [0.717, 1.165) is 45.6 Å². The van der Waals surface area contributed by atoms with Gasteiger partial charge < -0.3 is 4.57 Å². The molecule has 2 aromatic carbocycles. The number of hydrogen-bond donors (Lipinski definition) is 1. The van der Waals surface area contributed by atoms with Gasteiger partial charge in [-0.2, -0.15) is 15.1 Å². The molecular formula is C25H22ClN5OS. The third kappa shape index (κ3) is 3.81. The Kier molecular flexibility index (Phi) is 5.68. The number of nitrogens with one attached hydrogen (secondary N) is 1. The van der Waals surface area contributed by atoms with Crippen molar-refractivity contribution in [1.82, 2.24) is 9.58 Å². The monoisotopic (exact) mass is 475 g/mol. The number of rotatable bonds is 5. The molecule has 0 saturated heterocycles. The number of benzene rings is 2. The average Bonchev–Trinajstić information content (AvgIpc) is 3.32. The predicted octanol–water partition coefficient (Wildman–Crippen LogP) is 6.07. The fourth-order valence-corrected chi connectivity index (χ4v) is 5.31. The number of thioether (sulfide) groups is 1. The van der Waals surface area contributed by atoms with Gasteiger partial charge in [0.15, 0.2) is 5.84 Å². The Hall–Kier alpha value is -3.16. The van der Waals surface area contributed by atoms with Crippen molar-refractivity contribution in [3.05, 3.63) is 75.9 Å². The molecule has 8 heteroatoms. The number of para-hydroxylation sites is 1. The molecule has 2 aliphatic heterocycles. The maximum atomic E-state index is 12.9. The van der Waals surface area contributed by atoms with E-state index < -0.39 is 5.91 Å². The molecule has 0 fully saturated rings. The Morgan fingerprint density at radius 1 is 1.15 bits per heavy atom. The molecule has 0 bridgehead atoms.